The normalized spacial score (nSPS) is 27.2. The van der Waals surface area contributed by atoms with Gasteiger partial charge in [-0.05, 0) is 51.3 Å². The van der Waals surface area contributed by atoms with Gasteiger partial charge in [-0.2, -0.15) is 5.10 Å². The van der Waals surface area contributed by atoms with Crippen LogP contribution in [-0.4, -0.2) is 34.1 Å². The highest BCUT2D eigenvalue weighted by atomic mass is 32.1. The summed E-state index contributed by atoms with van der Waals surface area (Å²) < 4.78 is 0. The maximum absolute atomic E-state index is 12.8. The van der Waals surface area contributed by atoms with Crippen molar-refractivity contribution in [1.82, 2.24) is 15.1 Å². The first-order chi connectivity index (χ1) is 11.1. The van der Waals surface area contributed by atoms with Gasteiger partial charge >= 0.3 is 0 Å². The topological polar surface area (TPSA) is 49.0 Å². The third-order valence-electron chi connectivity index (χ3n) is 5.11. The number of amides is 1. The minimum Gasteiger partial charge on any atom is -0.342 e. The maximum atomic E-state index is 12.8. The zero-order chi connectivity index (χ0) is 16.0. The number of aromatic amines is 1. The lowest BCUT2D eigenvalue weighted by atomic mass is 9.94. The molecule has 4 nitrogen and oxygen atoms in total. The first kappa shape index (κ1) is 14.9. The van der Waals surface area contributed by atoms with E-state index in [1.54, 1.807) is 0 Å². The van der Waals surface area contributed by atoms with E-state index in [9.17, 15) is 4.79 Å². The lowest BCUT2D eigenvalue weighted by Gasteiger charge is -2.32. The van der Waals surface area contributed by atoms with Crippen LogP contribution in [0.15, 0.2) is 18.2 Å². The third kappa shape index (κ3) is 2.94. The van der Waals surface area contributed by atoms with Gasteiger partial charge in [0.2, 0.25) is 5.91 Å². The SMILES string of the molecule is Cc1cc([C@@H]2CCCN(C(=O)[C@@H]3C[C@H]3c3ccc(C)s3)C2)n[nH]1. The van der Waals surface area contributed by atoms with E-state index in [1.807, 2.05) is 18.3 Å². The molecule has 3 atom stereocenters. The zero-order valence-electron chi connectivity index (χ0n) is 13.7. The number of carbonyl (C=O) groups excluding carboxylic acids is 1. The van der Waals surface area contributed by atoms with Gasteiger partial charge in [0.05, 0.1) is 5.69 Å². The minimum atomic E-state index is 0.215. The number of likely N-dealkylation sites (tertiary alicyclic amines) is 1. The second-order valence-electron chi connectivity index (χ2n) is 7.00. The van der Waals surface area contributed by atoms with Gasteiger partial charge in [-0.1, -0.05) is 0 Å². The molecule has 2 aliphatic rings. The Kier molecular flexibility index (Phi) is 3.76. The summed E-state index contributed by atoms with van der Waals surface area (Å²) in [5.74, 6) is 1.43. The standard InChI is InChI=1S/C18H23N3OS/c1-11-8-16(20-19-11)13-4-3-7-21(10-13)18(22)15-9-14(15)17-6-5-12(2)23-17/h5-6,8,13-15H,3-4,7,9-10H2,1-2H3,(H,19,20)/t13-,14-,15-/m1/s1. The summed E-state index contributed by atoms with van der Waals surface area (Å²) >= 11 is 1.84. The molecule has 122 valence electrons. The van der Waals surface area contributed by atoms with E-state index in [0.717, 1.165) is 43.7 Å². The summed E-state index contributed by atoms with van der Waals surface area (Å²) in [6, 6.07) is 6.48. The molecule has 1 amide bonds. The van der Waals surface area contributed by atoms with Gasteiger partial charge in [0.15, 0.2) is 0 Å². The number of rotatable bonds is 3. The Bertz CT molecular complexity index is 719. The van der Waals surface area contributed by atoms with Crippen LogP contribution in [0, 0.1) is 19.8 Å². The monoisotopic (exact) mass is 329 g/mol. The highest BCUT2D eigenvalue weighted by Gasteiger charge is 2.47. The summed E-state index contributed by atoms with van der Waals surface area (Å²) in [5.41, 5.74) is 2.21. The number of hydrogen-bond donors (Lipinski definition) is 1. The van der Waals surface area contributed by atoms with Crippen LogP contribution in [0.5, 0.6) is 0 Å². The molecule has 0 aromatic carbocycles. The van der Waals surface area contributed by atoms with Gasteiger partial charge in [0, 0.05) is 46.3 Å². The van der Waals surface area contributed by atoms with Crippen molar-refractivity contribution >= 4 is 17.2 Å². The van der Waals surface area contributed by atoms with Crippen molar-refractivity contribution in [2.45, 2.75) is 44.9 Å². The molecule has 0 bridgehead atoms. The number of nitrogens with zero attached hydrogens (tertiary/aromatic N) is 2. The van der Waals surface area contributed by atoms with Crippen molar-refractivity contribution in [3.63, 3.8) is 0 Å². The van der Waals surface area contributed by atoms with Crippen molar-refractivity contribution in [2.24, 2.45) is 5.92 Å². The van der Waals surface area contributed by atoms with E-state index in [0.29, 0.717) is 17.7 Å². The molecule has 2 aromatic rings. The Balaban J connectivity index is 1.41. The Labute approximate surface area is 140 Å². The number of H-pyrrole nitrogens is 1. The first-order valence-electron chi connectivity index (χ1n) is 8.49. The Morgan fingerprint density at radius 2 is 2.26 bits per heavy atom. The summed E-state index contributed by atoms with van der Waals surface area (Å²) in [6.45, 7) is 5.90. The number of thiophene rings is 1. The van der Waals surface area contributed by atoms with Gasteiger partial charge in [-0.25, -0.2) is 0 Å². The largest absolute Gasteiger partial charge is 0.342 e. The van der Waals surface area contributed by atoms with Crippen molar-refractivity contribution in [1.29, 1.82) is 0 Å². The fraction of sp³-hybridized carbons (Fsp3) is 0.556. The van der Waals surface area contributed by atoms with Crippen molar-refractivity contribution in [2.75, 3.05) is 13.1 Å². The first-order valence-corrected chi connectivity index (χ1v) is 9.30. The van der Waals surface area contributed by atoms with Gasteiger partial charge in [0.1, 0.15) is 0 Å². The number of hydrogen-bond acceptors (Lipinski definition) is 3. The zero-order valence-corrected chi connectivity index (χ0v) is 14.5. The van der Waals surface area contributed by atoms with Crippen LogP contribution in [-0.2, 0) is 4.79 Å². The molecule has 1 aliphatic heterocycles. The fourth-order valence-corrected chi connectivity index (χ4v) is 4.79. The second kappa shape index (κ2) is 5.78. The molecule has 4 rings (SSSR count). The molecule has 23 heavy (non-hydrogen) atoms. The summed E-state index contributed by atoms with van der Waals surface area (Å²) in [4.78, 5) is 17.6. The van der Waals surface area contributed by atoms with E-state index in [4.69, 9.17) is 0 Å². The molecular formula is C18H23N3OS. The number of nitrogens with one attached hydrogen (secondary N) is 1. The number of aryl methyl sites for hydroxylation is 2. The Hall–Kier alpha value is -1.62. The number of aromatic nitrogens is 2. The van der Waals surface area contributed by atoms with E-state index in [2.05, 4.69) is 40.2 Å². The molecule has 1 saturated heterocycles. The van der Waals surface area contributed by atoms with Crippen LogP contribution in [0.25, 0.3) is 0 Å². The van der Waals surface area contributed by atoms with Crippen LogP contribution < -0.4 is 0 Å². The molecule has 0 radical (unpaired) electrons. The van der Waals surface area contributed by atoms with Crippen LogP contribution >= 0.6 is 11.3 Å². The predicted molar refractivity (Wildman–Crippen MR) is 91.8 cm³/mol. The van der Waals surface area contributed by atoms with Gasteiger partial charge < -0.3 is 4.90 Å². The highest BCUT2D eigenvalue weighted by Crippen LogP contribution is 2.50. The van der Waals surface area contributed by atoms with E-state index in [-0.39, 0.29) is 5.92 Å². The Morgan fingerprint density at radius 3 is 2.96 bits per heavy atom. The van der Waals surface area contributed by atoms with Crippen LogP contribution in [0.3, 0.4) is 0 Å². The molecule has 0 spiro atoms. The van der Waals surface area contributed by atoms with Gasteiger partial charge in [-0.3, -0.25) is 9.89 Å². The predicted octanol–water partition coefficient (Wildman–Crippen LogP) is 3.60. The Morgan fingerprint density at radius 1 is 1.39 bits per heavy atom. The smallest absolute Gasteiger partial charge is 0.226 e. The fourth-order valence-electron chi connectivity index (χ4n) is 3.74. The summed E-state index contributed by atoms with van der Waals surface area (Å²) in [7, 11) is 0. The van der Waals surface area contributed by atoms with Crippen molar-refractivity contribution in [3.05, 3.63) is 39.3 Å². The average Bonchev–Trinajstić information content (AvgIpc) is 3.04. The van der Waals surface area contributed by atoms with Gasteiger partial charge in [-0.15, -0.1) is 11.3 Å². The van der Waals surface area contributed by atoms with Crippen LogP contribution in [0.4, 0.5) is 0 Å². The molecule has 3 heterocycles. The minimum absolute atomic E-state index is 0.215. The molecule has 5 heteroatoms. The van der Waals surface area contributed by atoms with Gasteiger partial charge in [0.25, 0.3) is 0 Å². The van der Waals surface area contributed by atoms with Crippen molar-refractivity contribution in [3.8, 4) is 0 Å². The van der Waals surface area contributed by atoms with E-state index in [1.165, 1.54) is 9.75 Å². The molecule has 0 unspecified atom stereocenters. The van der Waals surface area contributed by atoms with Crippen LogP contribution in [0.2, 0.25) is 0 Å². The summed E-state index contributed by atoms with van der Waals surface area (Å²) in [5, 5.41) is 7.42. The molecule has 1 aliphatic carbocycles. The lowest BCUT2D eigenvalue weighted by Crippen LogP contribution is -2.40. The maximum Gasteiger partial charge on any atom is 0.226 e. The molecule has 1 N–H and O–H groups in total. The quantitative estimate of drug-likeness (QED) is 0.935. The molecular weight excluding hydrogens is 306 g/mol. The second-order valence-corrected chi connectivity index (χ2v) is 8.32. The molecule has 2 fully saturated rings. The number of carbonyl (C=O) groups is 1. The summed E-state index contributed by atoms with van der Waals surface area (Å²) in [6.07, 6.45) is 3.24. The lowest BCUT2D eigenvalue weighted by molar-refractivity contribution is -0.133. The third-order valence-corrected chi connectivity index (χ3v) is 6.24. The average molecular weight is 329 g/mol. The highest BCUT2D eigenvalue weighted by molar-refractivity contribution is 7.12. The van der Waals surface area contributed by atoms with E-state index >= 15 is 0 Å². The number of piperidine rings is 1. The molecule has 2 aromatic heterocycles. The van der Waals surface area contributed by atoms with Crippen molar-refractivity contribution < 1.29 is 4.79 Å². The van der Waals surface area contributed by atoms with E-state index < -0.39 is 0 Å². The van der Waals surface area contributed by atoms with Crippen LogP contribution in [0.1, 0.15) is 52.2 Å². The molecule has 1 saturated carbocycles.